The largest absolute Gasteiger partial charge is 0.384 e. The molecule has 0 aliphatic rings. The van der Waals surface area contributed by atoms with Crippen LogP contribution in [0.1, 0.15) is 57.3 Å². The van der Waals surface area contributed by atoms with Crippen molar-refractivity contribution in [2.75, 3.05) is 11.9 Å². The zero-order chi connectivity index (χ0) is 15.8. The van der Waals surface area contributed by atoms with E-state index in [-0.39, 0.29) is 11.9 Å². The van der Waals surface area contributed by atoms with Gasteiger partial charge in [-0.05, 0) is 37.5 Å². The number of amides is 1. The number of rotatable bonds is 8. The van der Waals surface area contributed by atoms with Crippen molar-refractivity contribution in [1.82, 2.24) is 5.32 Å². The lowest BCUT2D eigenvalue weighted by Gasteiger charge is -2.23. The molecule has 1 aromatic rings. The lowest BCUT2D eigenvalue weighted by Crippen LogP contribution is -2.38. The van der Waals surface area contributed by atoms with Crippen LogP contribution in [0.2, 0.25) is 5.02 Å². The van der Waals surface area contributed by atoms with Gasteiger partial charge in [0.1, 0.15) is 0 Å². The van der Waals surface area contributed by atoms with Crippen molar-refractivity contribution < 1.29 is 4.79 Å². The number of nitrogens with one attached hydrogen (secondary N) is 2. The molecular weight excluding hydrogens is 284 g/mol. The molecule has 0 saturated heterocycles. The molecule has 1 rings (SSSR count). The molecular formula is C17H27ClN2O. The number of carbonyl (C=O) groups is 1. The fourth-order valence-electron chi connectivity index (χ4n) is 2.52. The highest BCUT2D eigenvalue weighted by molar-refractivity contribution is 6.31. The van der Waals surface area contributed by atoms with Crippen LogP contribution in [0, 0.1) is 5.92 Å². The maximum absolute atomic E-state index is 12.5. The van der Waals surface area contributed by atoms with Gasteiger partial charge in [-0.15, -0.1) is 0 Å². The molecule has 0 aromatic heterocycles. The minimum atomic E-state index is -0.0597. The van der Waals surface area contributed by atoms with Crippen LogP contribution in [0.15, 0.2) is 18.2 Å². The molecule has 0 spiro atoms. The molecule has 118 valence electrons. The first kappa shape index (κ1) is 17.8. The predicted molar refractivity (Wildman–Crippen MR) is 91.2 cm³/mol. The Morgan fingerprint density at radius 3 is 2.48 bits per heavy atom. The van der Waals surface area contributed by atoms with Crippen LogP contribution in [0.4, 0.5) is 5.69 Å². The molecule has 0 radical (unpaired) electrons. The zero-order valence-electron chi connectivity index (χ0n) is 13.5. The summed E-state index contributed by atoms with van der Waals surface area (Å²) in [7, 11) is 0. The second kappa shape index (κ2) is 8.93. The van der Waals surface area contributed by atoms with Crippen LogP contribution in [0.3, 0.4) is 0 Å². The maximum atomic E-state index is 12.5. The van der Waals surface area contributed by atoms with Crippen LogP contribution in [-0.4, -0.2) is 18.5 Å². The number of hydrogen-bond acceptors (Lipinski definition) is 2. The topological polar surface area (TPSA) is 41.1 Å². The van der Waals surface area contributed by atoms with Crippen LogP contribution >= 0.6 is 11.6 Å². The molecule has 0 fully saturated rings. The Hall–Kier alpha value is -1.22. The highest BCUT2D eigenvalue weighted by Gasteiger charge is 2.18. The summed E-state index contributed by atoms with van der Waals surface area (Å²) < 4.78 is 0. The third-order valence-corrected chi connectivity index (χ3v) is 4.14. The predicted octanol–water partition coefficient (Wildman–Crippen LogP) is 4.72. The van der Waals surface area contributed by atoms with Gasteiger partial charge in [0.2, 0.25) is 0 Å². The third-order valence-electron chi connectivity index (χ3n) is 3.91. The standard InChI is InChI=1S/C17H27ClN2O/c1-5-10-19-16-9-8-14(18)11-15(16)17(21)20-12(4)13(6-2)7-3/h8-9,11-13,19H,5-7,10H2,1-4H3,(H,20,21). The van der Waals surface area contributed by atoms with Gasteiger partial charge in [-0.25, -0.2) is 0 Å². The highest BCUT2D eigenvalue weighted by Crippen LogP contribution is 2.22. The van der Waals surface area contributed by atoms with E-state index >= 15 is 0 Å². The van der Waals surface area contributed by atoms with Gasteiger partial charge in [-0.2, -0.15) is 0 Å². The molecule has 0 aliphatic heterocycles. The lowest BCUT2D eigenvalue weighted by atomic mass is 9.95. The normalized spacial score (nSPS) is 12.3. The van der Waals surface area contributed by atoms with Crippen molar-refractivity contribution in [2.24, 2.45) is 5.92 Å². The van der Waals surface area contributed by atoms with Crippen molar-refractivity contribution in [3.63, 3.8) is 0 Å². The maximum Gasteiger partial charge on any atom is 0.253 e. The van der Waals surface area contributed by atoms with Gasteiger partial charge in [-0.3, -0.25) is 4.79 Å². The fourth-order valence-corrected chi connectivity index (χ4v) is 2.69. The summed E-state index contributed by atoms with van der Waals surface area (Å²) >= 11 is 6.04. The summed E-state index contributed by atoms with van der Waals surface area (Å²) in [5.74, 6) is 0.440. The molecule has 1 atom stereocenters. The number of anilines is 1. The van der Waals surface area contributed by atoms with Crippen molar-refractivity contribution >= 4 is 23.2 Å². The molecule has 1 amide bonds. The van der Waals surface area contributed by atoms with Gasteiger partial charge in [0.15, 0.2) is 0 Å². The average molecular weight is 311 g/mol. The molecule has 3 nitrogen and oxygen atoms in total. The molecule has 1 aromatic carbocycles. The molecule has 4 heteroatoms. The smallest absolute Gasteiger partial charge is 0.253 e. The van der Waals surface area contributed by atoms with Crippen LogP contribution in [-0.2, 0) is 0 Å². The van der Waals surface area contributed by atoms with Gasteiger partial charge >= 0.3 is 0 Å². The van der Waals surface area contributed by atoms with E-state index in [9.17, 15) is 4.79 Å². The molecule has 0 aliphatic carbocycles. The second-order valence-corrected chi connectivity index (χ2v) is 5.89. The van der Waals surface area contributed by atoms with Crippen molar-refractivity contribution in [1.29, 1.82) is 0 Å². The number of benzene rings is 1. The van der Waals surface area contributed by atoms with E-state index in [1.54, 1.807) is 12.1 Å². The number of hydrogen-bond donors (Lipinski definition) is 2. The Kier molecular flexibility index (Phi) is 7.58. The lowest BCUT2D eigenvalue weighted by molar-refractivity contribution is 0.0926. The van der Waals surface area contributed by atoms with Gasteiger partial charge in [0.25, 0.3) is 5.91 Å². The molecule has 1 unspecified atom stereocenters. The molecule has 2 N–H and O–H groups in total. The van der Waals surface area contributed by atoms with E-state index in [2.05, 4.69) is 38.3 Å². The van der Waals surface area contributed by atoms with Gasteiger partial charge in [0, 0.05) is 23.3 Å². The summed E-state index contributed by atoms with van der Waals surface area (Å²) in [5.41, 5.74) is 1.46. The zero-order valence-corrected chi connectivity index (χ0v) is 14.3. The van der Waals surface area contributed by atoms with Gasteiger partial charge in [-0.1, -0.05) is 45.2 Å². The molecule has 21 heavy (non-hydrogen) atoms. The summed E-state index contributed by atoms with van der Waals surface area (Å²) in [6, 6.07) is 5.56. The second-order valence-electron chi connectivity index (χ2n) is 5.46. The van der Waals surface area contributed by atoms with E-state index in [4.69, 9.17) is 11.6 Å². The molecule has 0 heterocycles. The number of halogens is 1. The molecule has 0 bridgehead atoms. The van der Waals surface area contributed by atoms with Crippen molar-refractivity contribution in [3.8, 4) is 0 Å². The minimum Gasteiger partial charge on any atom is -0.384 e. The first-order chi connectivity index (χ1) is 10.0. The van der Waals surface area contributed by atoms with Crippen LogP contribution in [0.5, 0.6) is 0 Å². The van der Waals surface area contributed by atoms with Crippen molar-refractivity contribution in [3.05, 3.63) is 28.8 Å². The summed E-state index contributed by atoms with van der Waals surface area (Å²) in [6.45, 7) is 9.32. The van der Waals surface area contributed by atoms with Crippen LogP contribution in [0.25, 0.3) is 0 Å². The minimum absolute atomic E-state index is 0.0597. The SMILES string of the molecule is CCCNc1ccc(Cl)cc1C(=O)NC(C)C(CC)CC. The summed E-state index contributed by atoms with van der Waals surface area (Å²) in [6.07, 6.45) is 3.14. The van der Waals surface area contributed by atoms with Gasteiger partial charge in [0.05, 0.1) is 5.56 Å². The third kappa shape index (κ3) is 5.24. The van der Waals surface area contributed by atoms with Crippen molar-refractivity contribution in [2.45, 2.75) is 53.0 Å². The Morgan fingerprint density at radius 2 is 1.90 bits per heavy atom. The quantitative estimate of drug-likeness (QED) is 0.729. The molecule has 0 saturated carbocycles. The van der Waals surface area contributed by atoms with E-state index < -0.39 is 0 Å². The Labute approximate surface area is 133 Å². The summed E-state index contributed by atoms with van der Waals surface area (Å²) in [4.78, 5) is 12.5. The van der Waals surface area contributed by atoms with E-state index in [1.165, 1.54) is 0 Å². The van der Waals surface area contributed by atoms with E-state index in [0.717, 1.165) is 31.5 Å². The van der Waals surface area contributed by atoms with Crippen LogP contribution < -0.4 is 10.6 Å². The van der Waals surface area contributed by atoms with Gasteiger partial charge < -0.3 is 10.6 Å². The average Bonchev–Trinajstić information content (AvgIpc) is 2.47. The Balaban J connectivity index is 2.87. The first-order valence-electron chi connectivity index (χ1n) is 7.87. The van der Waals surface area contributed by atoms with E-state index in [1.807, 2.05) is 6.07 Å². The number of carbonyl (C=O) groups excluding carboxylic acids is 1. The Morgan fingerprint density at radius 1 is 1.24 bits per heavy atom. The fraction of sp³-hybridized carbons (Fsp3) is 0.588. The first-order valence-corrected chi connectivity index (χ1v) is 8.25. The Bertz CT molecular complexity index is 458. The highest BCUT2D eigenvalue weighted by atomic mass is 35.5. The summed E-state index contributed by atoms with van der Waals surface area (Å²) in [5, 5.41) is 6.97. The monoisotopic (exact) mass is 310 g/mol. The van der Waals surface area contributed by atoms with E-state index in [0.29, 0.717) is 16.5 Å².